The third-order valence-electron chi connectivity index (χ3n) is 3.36. The van der Waals surface area contributed by atoms with Crippen molar-refractivity contribution in [2.75, 3.05) is 0 Å². The number of halogens is 1. The number of benzene rings is 1. The third kappa shape index (κ3) is 3.39. The Morgan fingerprint density at radius 1 is 1.28 bits per heavy atom. The summed E-state index contributed by atoms with van der Waals surface area (Å²) in [7, 11) is 0. The highest BCUT2D eigenvalue weighted by Gasteiger charge is 2.23. The molecule has 3 nitrogen and oxygen atoms in total. The Balaban J connectivity index is 2.01. The first kappa shape index (κ1) is 13.2. The number of amides is 1. The number of aromatic hydroxyl groups is 1. The van der Waals surface area contributed by atoms with Crippen LogP contribution in [0.25, 0.3) is 0 Å². The fourth-order valence-electron chi connectivity index (χ4n) is 2.32. The predicted octanol–water partition coefficient (Wildman–Crippen LogP) is 3.06. The molecule has 0 aliphatic heterocycles. The second-order valence-corrected chi connectivity index (χ2v) is 5.34. The fourth-order valence-corrected chi connectivity index (χ4v) is 2.67. The summed E-state index contributed by atoms with van der Waals surface area (Å²) in [4.78, 5) is 12.0. The van der Waals surface area contributed by atoms with E-state index in [1.54, 1.807) is 18.2 Å². The zero-order chi connectivity index (χ0) is 13.0. The summed E-state index contributed by atoms with van der Waals surface area (Å²) in [6.07, 6.45) is 5.30. The van der Waals surface area contributed by atoms with Gasteiger partial charge in [-0.2, -0.15) is 0 Å². The number of carbonyl (C=O) groups is 1. The predicted molar refractivity (Wildman–Crippen MR) is 72.1 cm³/mol. The maximum atomic E-state index is 12.0. The molecule has 1 saturated carbocycles. The van der Waals surface area contributed by atoms with E-state index in [9.17, 15) is 9.90 Å². The van der Waals surface area contributed by atoms with Gasteiger partial charge in [-0.3, -0.25) is 4.79 Å². The van der Waals surface area contributed by atoms with E-state index in [0.717, 1.165) is 25.7 Å². The Hall–Kier alpha value is -1.22. The van der Waals surface area contributed by atoms with Crippen molar-refractivity contribution in [3.05, 3.63) is 29.8 Å². The minimum absolute atomic E-state index is 0.00811. The monoisotopic (exact) mass is 267 g/mol. The molecule has 98 valence electrons. The van der Waals surface area contributed by atoms with Gasteiger partial charge >= 0.3 is 0 Å². The van der Waals surface area contributed by atoms with Gasteiger partial charge in [-0.15, -0.1) is 11.6 Å². The summed E-state index contributed by atoms with van der Waals surface area (Å²) in [6.45, 7) is 0. The molecular weight excluding hydrogens is 250 g/mol. The van der Waals surface area contributed by atoms with Gasteiger partial charge in [-0.1, -0.05) is 25.3 Å². The van der Waals surface area contributed by atoms with Crippen LogP contribution in [0.15, 0.2) is 24.3 Å². The highest BCUT2D eigenvalue weighted by Crippen LogP contribution is 2.22. The van der Waals surface area contributed by atoms with Crippen LogP contribution in [-0.4, -0.2) is 22.4 Å². The second-order valence-electron chi connectivity index (χ2n) is 4.78. The topological polar surface area (TPSA) is 49.3 Å². The molecule has 0 bridgehead atoms. The molecule has 1 aromatic rings. The van der Waals surface area contributed by atoms with E-state index in [-0.39, 0.29) is 23.1 Å². The molecule has 1 amide bonds. The van der Waals surface area contributed by atoms with E-state index < -0.39 is 0 Å². The Labute approximate surface area is 112 Å². The maximum Gasteiger partial charge on any atom is 0.251 e. The van der Waals surface area contributed by atoms with Crippen molar-refractivity contribution >= 4 is 17.5 Å². The maximum absolute atomic E-state index is 12.0. The van der Waals surface area contributed by atoms with Gasteiger partial charge in [0.25, 0.3) is 5.91 Å². The summed E-state index contributed by atoms with van der Waals surface area (Å²) in [6, 6.07) is 6.40. The zero-order valence-corrected chi connectivity index (χ0v) is 11.0. The molecule has 0 aromatic heterocycles. The van der Waals surface area contributed by atoms with Crippen molar-refractivity contribution in [2.24, 2.45) is 0 Å². The van der Waals surface area contributed by atoms with Crippen molar-refractivity contribution in [1.82, 2.24) is 5.32 Å². The van der Waals surface area contributed by atoms with Crippen LogP contribution in [0.4, 0.5) is 0 Å². The number of carbonyl (C=O) groups excluding carboxylic acids is 1. The van der Waals surface area contributed by atoms with Gasteiger partial charge in [0.1, 0.15) is 5.75 Å². The number of phenolic OH excluding ortho intramolecular Hbond substituents is 1. The largest absolute Gasteiger partial charge is 0.508 e. The standard InChI is InChI=1S/C14H18ClNO2/c15-12-7-2-1-3-8-13(12)16-14(18)10-5-4-6-11(17)9-10/h4-6,9,12-13,17H,1-3,7-8H2,(H,16,18). The summed E-state index contributed by atoms with van der Waals surface area (Å²) < 4.78 is 0. The van der Waals surface area contributed by atoms with Gasteiger partial charge in [0.2, 0.25) is 0 Å². The number of hydrogen-bond donors (Lipinski definition) is 2. The minimum atomic E-state index is -0.163. The number of nitrogens with one attached hydrogen (secondary N) is 1. The molecule has 1 aliphatic rings. The molecule has 2 unspecified atom stereocenters. The summed E-state index contributed by atoms with van der Waals surface area (Å²) in [5.74, 6) is -0.0608. The lowest BCUT2D eigenvalue weighted by molar-refractivity contribution is 0.0933. The Bertz CT molecular complexity index is 422. The summed E-state index contributed by atoms with van der Waals surface area (Å²) in [5, 5.41) is 12.3. The Morgan fingerprint density at radius 2 is 2.06 bits per heavy atom. The fraction of sp³-hybridized carbons (Fsp3) is 0.500. The Kier molecular flexibility index (Phi) is 4.48. The van der Waals surface area contributed by atoms with Crippen LogP contribution in [0.2, 0.25) is 0 Å². The quantitative estimate of drug-likeness (QED) is 0.639. The van der Waals surface area contributed by atoms with E-state index in [4.69, 9.17) is 11.6 Å². The molecule has 2 N–H and O–H groups in total. The van der Waals surface area contributed by atoms with Gasteiger partial charge in [0.05, 0.1) is 5.38 Å². The van der Waals surface area contributed by atoms with Gasteiger partial charge in [-0.25, -0.2) is 0 Å². The molecule has 1 aliphatic carbocycles. The minimum Gasteiger partial charge on any atom is -0.508 e. The number of hydrogen-bond acceptors (Lipinski definition) is 2. The van der Waals surface area contributed by atoms with Crippen molar-refractivity contribution in [3.63, 3.8) is 0 Å². The number of alkyl halides is 1. The Morgan fingerprint density at radius 3 is 2.83 bits per heavy atom. The van der Waals surface area contributed by atoms with Crippen molar-refractivity contribution in [1.29, 1.82) is 0 Å². The van der Waals surface area contributed by atoms with E-state index in [1.165, 1.54) is 12.5 Å². The first-order valence-corrected chi connectivity index (χ1v) is 6.84. The van der Waals surface area contributed by atoms with Crippen LogP contribution in [0.3, 0.4) is 0 Å². The van der Waals surface area contributed by atoms with Crippen molar-refractivity contribution in [3.8, 4) is 5.75 Å². The zero-order valence-electron chi connectivity index (χ0n) is 10.2. The number of rotatable bonds is 2. The highest BCUT2D eigenvalue weighted by atomic mass is 35.5. The van der Waals surface area contributed by atoms with Crippen molar-refractivity contribution < 1.29 is 9.90 Å². The molecule has 1 fully saturated rings. The molecule has 2 rings (SSSR count). The first-order chi connectivity index (χ1) is 8.66. The molecule has 2 atom stereocenters. The van der Waals surface area contributed by atoms with Crippen LogP contribution < -0.4 is 5.32 Å². The van der Waals surface area contributed by atoms with E-state index in [2.05, 4.69) is 5.32 Å². The molecule has 1 aromatic carbocycles. The molecule has 0 spiro atoms. The van der Waals surface area contributed by atoms with Gasteiger partial charge < -0.3 is 10.4 Å². The van der Waals surface area contributed by atoms with Crippen molar-refractivity contribution in [2.45, 2.75) is 43.5 Å². The SMILES string of the molecule is O=C(NC1CCCCCC1Cl)c1cccc(O)c1. The molecular formula is C14H18ClNO2. The molecule has 4 heteroatoms. The number of phenols is 1. The average molecular weight is 268 g/mol. The lowest BCUT2D eigenvalue weighted by Crippen LogP contribution is -2.40. The van der Waals surface area contributed by atoms with Crippen LogP contribution in [0.1, 0.15) is 42.5 Å². The van der Waals surface area contributed by atoms with Crippen LogP contribution >= 0.6 is 11.6 Å². The van der Waals surface area contributed by atoms with Crippen LogP contribution in [0, 0.1) is 0 Å². The smallest absolute Gasteiger partial charge is 0.251 e. The lowest BCUT2D eigenvalue weighted by atomic mass is 10.1. The molecule has 0 saturated heterocycles. The lowest BCUT2D eigenvalue weighted by Gasteiger charge is -2.21. The summed E-state index contributed by atoms with van der Waals surface area (Å²) >= 11 is 6.29. The van der Waals surface area contributed by atoms with Crippen LogP contribution in [0.5, 0.6) is 5.75 Å². The van der Waals surface area contributed by atoms with Gasteiger partial charge in [0.15, 0.2) is 0 Å². The highest BCUT2D eigenvalue weighted by molar-refractivity contribution is 6.21. The summed E-state index contributed by atoms with van der Waals surface area (Å²) in [5.41, 5.74) is 0.475. The van der Waals surface area contributed by atoms with Gasteiger partial charge in [0, 0.05) is 11.6 Å². The molecule has 18 heavy (non-hydrogen) atoms. The normalized spacial score (nSPS) is 24.3. The van der Waals surface area contributed by atoms with E-state index >= 15 is 0 Å². The van der Waals surface area contributed by atoms with Gasteiger partial charge in [-0.05, 0) is 31.0 Å². The van der Waals surface area contributed by atoms with E-state index in [0.29, 0.717) is 5.56 Å². The second kappa shape index (κ2) is 6.10. The van der Waals surface area contributed by atoms with Crippen LogP contribution in [-0.2, 0) is 0 Å². The van der Waals surface area contributed by atoms with E-state index in [1.807, 2.05) is 0 Å². The first-order valence-electron chi connectivity index (χ1n) is 6.41. The molecule has 0 heterocycles. The average Bonchev–Trinajstić information content (AvgIpc) is 2.55. The third-order valence-corrected chi connectivity index (χ3v) is 3.88. The molecule has 0 radical (unpaired) electrons.